The molecule has 1 aromatic heterocycles. The van der Waals surface area contributed by atoms with Crippen molar-refractivity contribution in [3.05, 3.63) is 22.9 Å². The number of rotatable bonds is 7. The van der Waals surface area contributed by atoms with Gasteiger partial charge in [0.05, 0.1) is 5.56 Å². The van der Waals surface area contributed by atoms with E-state index >= 15 is 0 Å². The van der Waals surface area contributed by atoms with Crippen LogP contribution >= 0.6 is 11.8 Å². The second-order valence-electron chi connectivity index (χ2n) is 4.44. The molecule has 0 atom stereocenters. The number of carboxylic acid groups (broad SMARTS) is 1. The summed E-state index contributed by atoms with van der Waals surface area (Å²) in [5, 5.41) is 9.91. The molecule has 0 bridgehead atoms. The number of hydrogen-bond acceptors (Lipinski definition) is 4. The maximum Gasteiger partial charge on any atom is 0.338 e. The highest BCUT2D eigenvalue weighted by Gasteiger charge is 2.16. The van der Waals surface area contributed by atoms with Gasteiger partial charge in [0.1, 0.15) is 5.03 Å². The molecule has 1 heterocycles. The Bertz CT molecular complexity index is 445. The summed E-state index contributed by atoms with van der Waals surface area (Å²) in [6.45, 7) is 11.0. The number of aromatic carboxylic acids is 1. The Morgan fingerprint density at radius 3 is 2.53 bits per heavy atom. The predicted molar refractivity (Wildman–Crippen MR) is 79.2 cm³/mol. The molecular formula is C14H22N2O2S. The van der Waals surface area contributed by atoms with Crippen molar-refractivity contribution < 1.29 is 9.90 Å². The van der Waals surface area contributed by atoms with E-state index in [2.05, 4.69) is 23.7 Å². The molecule has 1 rings (SSSR count). The first kappa shape index (κ1) is 16.0. The number of aryl methyl sites for hydroxylation is 2. The lowest BCUT2D eigenvalue weighted by molar-refractivity contribution is 0.0691. The summed E-state index contributed by atoms with van der Waals surface area (Å²) in [5.41, 5.74) is 1.99. The first-order chi connectivity index (χ1) is 8.99. The summed E-state index contributed by atoms with van der Waals surface area (Å²) >= 11 is 1.53. The van der Waals surface area contributed by atoms with Crippen molar-refractivity contribution in [3.8, 4) is 0 Å². The zero-order valence-corrected chi connectivity index (χ0v) is 12.9. The third-order valence-electron chi connectivity index (χ3n) is 3.07. The van der Waals surface area contributed by atoms with Gasteiger partial charge >= 0.3 is 5.97 Å². The summed E-state index contributed by atoms with van der Waals surface area (Å²) < 4.78 is 0. The maximum absolute atomic E-state index is 11.3. The van der Waals surface area contributed by atoms with Crippen molar-refractivity contribution in [2.45, 2.75) is 32.7 Å². The second kappa shape index (κ2) is 7.50. The van der Waals surface area contributed by atoms with Crippen LogP contribution in [0.2, 0.25) is 0 Å². The standard InChI is InChI=1S/C14H22N2O2S/c1-5-16(6-2)7-8-19-13-12(14(17)18)10(3)9-11(4)15-13/h9H,5-8H2,1-4H3,(H,17,18). The predicted octanol–water partition coefficient (Wildman–Crippen LogP) is 2.83. The fraction of sp³-hybridized carbons (Fsp3) is 0.571. The van der Waals surface area contributed by atoms with E-state index < -0.39 is 5.97 Å². The van der Waals surface area contributed by atoms with Crippen molar-refractivity contribution in [1.82, 2.24) is 9.88 Å². The molecule has 1 N–H and O–H groups in total. The highest BCUT2D eigenvalue weighted by atomic mass is 32.2. The van der Waals surface area contributed by atoms with E-state index in [0.717, 1.165) is 36.6 Å². The molecule has 19 heavy (non-hydrogen) atoms. The number of hydrogen-bond donors (Lipinski definition) is 1. The van der Waals surface area contributed by atoms with Crippen LogP contribution in [-0.4, -0.2) is 46.3 Å². The molecule has 106 valence electrons. The smallest absolute Gasteiger partial charge is 0.338 e. The Morgan fingerprint density at radius 2 is 2.00 bits per heavy atom. The van der Waals surface area contributed by atoms with Gasteiger partial charge in [-0.3, -0.25) is 0 Å². The number of thioether (sulfide) groups is 1. The Labute approximate surface area is 119 Å². The highest BCUT2D eigenvalue weighted by Crippen LogP contribution is 2.24. The fourth-order valence-electron chi connectivity index (χ4n) is 1.98. The van der Waals surface area contributed by atoms with Gasteiger partial charge in [-0.15, -0.1) is 11.8 Å². The summed E-state index contributed by atoms with van der Waals surface area (Å²) in [6.07, 6.45) is 0. The summed E-state index contributed by atoms with van der Waals surface area (Å²) in [5.74, 6) is -0.0342. The molecule has 0 saturated heterocycles. The van der Waals surface area contributed by atoms with E-state index in [1.165, 1.54) is 11.8 Å². The Hall–Kier alpha value is -1.07. The molecular weight excluding hydrogens is 260 g/mol. The van der Waals surface area contributed by atoms with Gasteiger partial charge in [0.15, 0.2) is 0 Å². The first-order valence-corrected chi connectivity index (χ1v) is 7.54. The zero-order chi connectivity index (χ0) is 14.4. The van der Waals surface area contributed by atoms with Gasteiger partial charge in [-0.25, -0.2) is 9.78 Å². The zero-order valence-electron chi connectivity index (χ0n) is 12.1. The molecule has 0 aliphatic rings. The Morgan fingerprint density at radius 1 is 1.37 bits per heavy atom. The summed E-state index contributed by atoms with van der Waals surface area (Å²) in [6, 6.07) is 1.82. The largest absolute Gasteiger partial charge is 0.478 e. The van der Waals surface area contributed by atoms with E-state index in [4.69, 9.17) is 0 Å². The minimum absolute atomic E-state index is 0.343. The lowest BCUT2D eigenvalue weighted by Gasteiger charge is -2.17. The molecule has 0 aliphatic heterocycles. The number of nitrogens with zero attached hydrogens (tertiary/aromatic N) is 2. The molecule has 0 aromatic carbocycles. The summed E-state index contributed by atoms with van der Waals surface area (Å²) in [4.78, 5) is 18.0. The van der Waals surface area contributed by atoms with Crippen LogP contribution in [0.15, 0.2) is 11.1 Å². The fourth-order valence-corrected chi connectivity index (χ4v) is 3.12. The molecule has 4 nitrogen and oxygen atoms in total. The van der Waals surface area contributed by atoms with Gasteiger partial charge in [0.2, 0.25) is 0 Å². The lowest BCUT2D eigenvalue weighted by Crippen LogP contribution is -2.25. The van der Waals surface area contributed by atoms with Crippen LogP contribution in [0.3, 0.4) is 0 Å². The Kier molecular flexibility index (Phi) is 6.31. The normalized spacial score (nSPS) is 11.0. The highest BCUT2D eigenvalue weighted by molar-refractivity contribution is 7.99. The van der Waals surface area contributed by atoms with E-state index in [1.54, 1.807) is 0 Å². The number of carboxylic acids is 1. The molecule has 0 amide bonds. The van der Waals surface area contributed by atoms with E-state index in [-0.39, 0.29) is 0 Å². The number of pyridine rings is 1. The van der Waals surface area contributed by atoms with Crippen LogP contribution in [0.25, 0.3) is 0 Å². The van der Waals surface area contributed by atoms with Crippen LogP contribution < -0.4 is 0 Å². The van der Waals surface area contributed by atoms with Gasteiger partial charge in [-0.2, -0.15) is 0 Å². The van der Waals surface area contributed by atoms with Crippen molar-refractivity contribution in [2.75, 3.05) is 25.4 Å². The molecule has 0 spiro atoms. The van der Waals surface area contributed by atoms with E-state index in [0.29, 0.717) is 10.6 Å². The van der Waals surface area contributed by atoms with Crippen LogP contribution in [0.4, 0.5) is 0 Å². The van der Waals surface area contributed by atoms with Crippen LogP contribution in [0.5, 0.6) is 0 Å². The third kappa shape index (κ3) is 4.51. The van der Waals surface area contributed by atoms with Crippen LogP contribution in [0.1, 0.15) is 35.5 Å². The Balaban J connectivity index is 2.80. The second-order valence-corrected chi connectivity index (χ2v) is 5.52. The van der Waals surface area contributed by atoms with E-state index in [9.17, 15) is 9.90 Å². The summed E-state index contributed by atoms with van der Waals surface area (Å²) in [7, 11) is 0. The molecule has 0 aliphatic carbocycles. The van der Waals surface area contributed by atoms with Gasteiger partial charge in [0.25, 0.3) is 0 Å². The molecule has 0 fully saturated rings. The molecule has 0 saturated carbocycles. The monoisotopic (exact) mass is 282 g/mol. The molecule has 0 unspecified atom stereocenters. The van der Waals surface area contributed by atoms with Crippen molar-refractivity contribution >= 4 is 17.7 Å². The number of carbonyl (C=O) groups is 1. The van der Waals surface area contributed by atoms with Gasteiger partial charge in [-0.05, 0) is 38.6 Å². The topological polar surface area (TPSA) is 53.4 Å². The average Bonchev–Trinajstić information content (AvgIpc) is 2.33. The molecule has 0 radical (unpaired) electrons. The van der Waals surface area contributed by atoms with Gasteiger partial charge < -0.3 is 10.0 Å². The van der Waals surface area contributed by atoms with Gasteiger partial charge in [0, 0.05) is 18.0 Å². The number of aromatic nitrogens is 1. The minimum Gasteiger partial charge on any atom is -0.478 e. The maximum atomic E-state index is 11.3. The van der Waals surface area contributed by atoms with Gasteiger partial charge in [-0.1, -0.05) is 13.8 Å². The van der Waals surface area contributed by atoms with Crippen molar-refractivity contribution in [3.63, 3.8) is 0 Å². The van der Waals surface area contributed by atoms with Crippen LogP contribution in [-0.2, 0) is 0 Å². The lowest BCUT2D eigenvalue weighted by atomic mass is 10.1. The minimum atomic E-state index is -0.893. The van der Waals surface area contributed by atoms with E-state index in [1.807, 2.05) is 19.9 Å². The molecule has 5 heteroatoms. The third-order valence-corrected chi connectivity index (χ3v) is 4.02. The first-order valence-electron chi connectivity index (χ1n) is 6.56. The van der Waals surface area contributed by atoms with Crippen LogP contribution in [0, 0.1) is 13.8 Å². The van der Waals surface area contributed by atoms with Crippen molar-refractivity contribution in [2.24, 2.45) is 0 Å². The van der Waals surface area contributed by atoms with Crippen molar-refractivity contribution in [1.29, 1.82) is 0 Å². The quantitative estimate of drug-likeness (QED) is 0.779. The SMILES string of the molecule is CCN(CC)CCSc1nc(C)cc(C)c1C(=O)O. The molecule has 1 aromatic rings. The average molecular weight is 282 g/mol.